The van der Waals surface area contributed by atoms with Crippen molar-refractivity contribution in [3.05, 3.63) is 41.5 Å². The van der Waals surface area contributed by atoms with Gasteiger partial charge in [0.05, 0.1) is 23.8 Å². The smallest absolute Gasteiger partial charge is 0.141 e. The van der Waals surface area contributed by atoms with Crippen LogP contribution in [0.15, 0.2) is 30.3 Å². The highest BCUT2D eigenvalue weighted by atomic mass is 16.5. The predicted molar refractivity (Wildman–Crippen MR) is 94.7 cm³/mol. The molecule has 5 nitrogen and oxygen atoms in total. The number of methoxy groups -OCH3 is 1. The standard InChI is InChI=1S/C18H22N4O/c1-11-8-15-16(9-12(11)2)22(7-6-19)18(21-15)13-4-5-17(23-3)14(20)10-13/h4-5,8-10H,6-7,19-20H2,1-3H3. The second-order valence-corrected chi connectivity index (χ2v) is 5.76. The summed E-state index contributed by atoms with van der Waals surface area (Å²) < 4.78 is 7.39. The molecule has 0 spiro atoms. The maximum atomic E-state index is 6.05. The van der Waals surface area contributed by atoms with Gasteiger partial charge in [0.25, 0.3) is 0 Å². The summed E-state index contributed by atoms with van der Waals surface area (Å²) in [5, 5.41) is 0. The number of aromatic nitrogens is 2. The molecule has 0 unspecified atom stereocenters. The van der Waals surface area contributed by atoms with E-state index in [0.29, 0.717) is 24.5 Å². The highest BCUT2D eigenvalue weighted by Crippen LogP contribution is 2.31. The molecule has 23 heavy (non-hydrogen) atoms. The zero-order chi connectivity index (χ0) is 16.6. The summed E-state index contributed by atoms with van der Waals surface area (Å²) in [5.41, 5.74) is 18.0. The van der Waals surface area contributed by atoms with Crippen LogP contribution in [0.3, 0.4) is 0 Å². The Bertz CT molecular complexity index is 867. The molecule has 2 aromatic carbocycles. The van der Waals surface area contributed by atoms with E-state index in [9.17, 15) is 0 Å². The van der Waals surface area contributed by atoms with Gasteiger partial charge in [0.2, 0.25) is 0 Å². The quantitative estimate of drug-likeness (QED) is 0.726. The molecule has 0 amide bonds. The van der Waals surface area contributed by atoms with E-state index in [1.54, 1.807) is 7.11 Å². The summed E-state index contributed by atoms with van der Waals surface area (Å²) in [6, 6.07) is 10.0. The van der Waals surface area contributed by atoms with Crippen LogP contribution in [-0.4, -0.2) is 23.2 Å². The number of rotatable bonds is 4. The Morgan fingerprint density at radius 1 is 1.13 bits per heavy atom. The summed E-state index contributed by atoms with van der Waals surface area (Å²) in [4.78, 5) is 4.81. The third kappa shape index (κ3) is 2.64. The number of nitrogen functional groups attached to an aromatic ring is 1. The maximum Gasteiger partial charge on any atom is 0.141 e. The molecule has 0 saturated heterocycles. The second kappa shape index (κ2) is 5.93. The van der Waals surface area contributed by atoms with Crippen LogP contribution in [0.4, 0.5) is 5.69 Å². The monoisotopic (exact) mass is 310 g/mol. The molecule has 1 heterocycles. The molecule has 0 aliphatic rings. The Balaban J connectivity index is 2.23. The van der Waals surface area contributed by atoms with Crippen LogP contribution in [-0.2, 0) is 6.54 Å². The van der Waals surface area contributed by atoms with Gasteiger partial charge in [-0.15, -0.1) is 0 Å². The van der Waals surface area contributed by atoms with Crippen LogP contribution < -0.4 is 16.2 Å². The lowest BCUT2D eigenvalue weighted by molar-refractivity contribution is 0.417. The minimum absolute atomic E-state index is 0.553. The van der Waals surface area contributed by atoms with Crippen molar-refractivity contribution in [1.82, 2.24) is 9.55 Å². The summed E-state index contributed by atoms with van der Waals surface area (Å²) in [6.07, 6.45) is 0. The van der Waals surface area contributed by atoms with E-state index in [1.807, 2.05) is 18.2 Å². The lowest BCUT2D eigenvalue weighted by atomic mass is 10.1. The molecule has 1 aromatic heterocycles. The SMILES string of the molecule is COc1ccc(-c2nc3cc(C)c(C)cc3n2CCN)cc1N. The number of hydrogen-bond acceptors (Lipinski definition) is 4. The molecule has 4 N–H and O–H groups in total. The number of imidazole rings is 1. The van der Waals surface area contributed by atoms with Gasteiger partial charge in [0.1, 0.15) is 11.6 Å². The number of fused-ring (bicyclic) bond motifs is 1. The van der Waals surface area contributed by atoms with Crippen molar-refractivity contribution in [2.45, 2.75) is 20.4 Å². The van der Waals surface area contributed by atoms with Crippen molar-refractivity contribution < 1.29 is 4.74 Å². The fourth-order valence-corrected chi connectivity index (χ4v) is 2.83. The van der Waals surface area contributed by atoms with Crippen LogP contribution in [0.25, 0.3) is 22.4 Å². The molecule has 0 aliphatic heterocycles. The first kappa shape index (κ1) is 15.4. The molecule has 0 atom stereocenters. The zero-order valence-electron chi connectivity index (χ0n) is 13.8. The summed E-state index contributed by atoms with van der Waals surface area (Å²) in [6.45, 7) is 5.47. The van der Waals surface area contributed by atoms with Crippen LogP contribution in [0.5, 0.6) is 5.75 Å². The van der Waals surface area contributed by atoms with Crippen molar-refractivity contribution in [3.8, 4) is 17.1 Å². The van der Waals surface area contributed by atoms with Crippen molar-refractivity contribution in [1.29, 1.82) is 0 Å². The Hall–Kier alpha value is -2.53. The zero-order valence-corrected chi connectivity index (χ0v) is 13.8. The van der Waals surface area contributed by atoms with Gasteiger partial charge < -0.3 is 20.8 Å². The first-order valence-electron chi connectivity index (χ1n) is 7.66. The number of anilines is 1. The molecule has 0 fully saturated rings. The topological polar surface area (TPSA) is 79.1 Å². The first-order chi connectivity index (χ1) is 11.0. The van der Waals surface area contributed by atoms with E-state index in [4.69, 9.17) is 21.2 Å². The van der Waals surface area contributed by atoms with Crippen molar-refractivity contribution in [3.63, 3.8) is 0 Å². The van der Waals surface area contributed by atoms with Gasteiger partial charge in [-0.25, -0.2) is 4.98 Å². The third-order valence-electron chi connectivity index (χ3n) is 4.20. The average molecular weight is 310 g/mol. The van der Waals surface area contributed by atoms with Crippen LogP contribution >= 0.6 is 0 Å². The van der Waals surface area contributed by atoms with E-state index < -0.39 is 0 Å². The minimum Gasteiger partial charge on any atom is -0.495 e. The van der Waals surface area contributed by atoms with Gasteiger partial charge in [0, 0.05) is 18.7 Å². The van der Waals surface area contributed by atoms with E-state index in [-0.39, 0.29) is 0 Å². The van der Waals surface area contributed by atoms with E-state index in [2.05, 4.69) is 30.5 Å². The molecule has 0 bridgehead atoms. The van der Waals surface area contributed by atoms with Gasteiger partial charge in [-0.2, -0.15) is 0 Å². The molecule has 3 aromatic rings. The lowest BCUT2D eigenvalue weighted by Gasteiger charge is -2.10. The van der Waals surface area contributed by atoms with Crippen molar-refractivity contribution in [2.24, 2.45) is 5.73 Å². The third-order valence-corrected chi connectivity index (χ3v) is 4.20. The molecule has 0 radical (unpaired) electrons. The maximum absolute atomic E-state index is 6.05. The van der Waals surface area contributed by atoms with Crippen molar-refractivity contribution in [2.75, 3.05) is 19.4 Å². The average Bonchev–Trinajstić information content (AvgIpc) is 2.86. The number of benzene rings is 2. The highest BCUT2D eigenvalue weighted by molar-refractivity contribution is 5.83. The van der Waals surface area contributed by atoms with Crippen LogP contribution in [0.2, 0.25) is 0 Å². The highest BCUT2D eigenvalue weighted by Gasteiger charge is 2.14. The minimum atomic E-state index is 0.553. The molecule has 120 valence electrons. The van der Waals surface area contributed by atoms with Gasteiger partial charge >= 0.3 is 0 Å². The van der Waals surface area contributed by atoms with Crippen LogP contribution in [0, 0.1) is 13.8 Å². The van der Waals surface area contributed by atoms with Gasteiger partial charge in [-0.1, -0.05) is 0 Å². The molecule has 0 aliphatic carbocycles. The number of hydrogen-bond donors (Lipinski definition) is 2. The summed E-state index contributed by atoms with van der Waals surface area (Å²) in [7, 11) is 1.61. The fraction of sp³-hybridized carbons (Fsp3) is 0.278. The largest absolute Gasteiger partial charge is 0.495 e. The molecule has 3 rings (SSSR count). The lowest BCUT2D eigenvalue weighted by Crippen LogP contribution is -2.11. The number of aryl methyl sites for hydroxylation is 2. The van der Waals surface area contributed by atoms with E-state index >= 15 is 0 Å². The number of ether oxygens (including phenoxy) is 1. The van der Waals surface area contributed by atoms with Gasteiger partial charge in [0.15, 0.2) is 0 Å². The Kier molecular flexibility index (Phi) is 3.96. The summed E-state index contributed by atoms with van der Waals surface area (Å²) in [5.74, 6) is 1.55. The van der Waals surface area contributed by atoms with E-state index in [1.165, 1.54) is 11.1 Å². The summed E-state index contributed by atoms with van der Waals surface area (Å²) >= 11 is 0. The Morgan fingerprint density at radius 3 is 2.52 bits per heavy atom. The number of nitrogens with two attached hydrogens (primary N) is 2. The fourth-order valence-electron chi connectivity index (χ4n) is 2.83. The van der Waals surface area contributed by atoms with Gasteiger partial charge in [-0.05, 0) is 55.3 Å². The second-order valence-electron chi connectivity index (χ2n) is 5.76. The molecular weight excluding hydrogens is 288 g/mol. The number of nitrogens with zero attached hydrogens (tertiary/aromatic N) is 2. The normalized spacial score (nSPS) is 11.1. The molecule has 5 heteroatoms. The first-order valence-corrected chi connectivity index (χ1v) is 7.66. The predicted octanol–water partition coefficient (Wildman–Crippen LogP) is 2.87. The Labute approximate surface area is 135 Å². The molecule has 0 saturated carbocycles. The van der Waals surface area contributed by atoms with Crippen LogP contribution in [0.1, 0.15) is 11.1 Å². The van der Waals surface area contributed by atoms with Gasteiger partial charge in [-0.3, -0.25) is 0 Å². The van der Waals surface area contributed by atoms with Crippen molar-refractivity contribution >= 4 is 16.7 Å². The Morgan fingerprint density at radius 2 is 1.87 bits per heavy atom. The van der Waals surface area contributed by atoms with E-state index in [0.717, 1.165) is 22.4 Å². The molecular formula is C18H22N4O.